The first-order valence-corrected chi connectivity index (χ1v) is 5.87. The molecule has 0 unspecified atom stereocenters. The Kier molecular flexibility index (Phi) is 3.58. The van der Waals surface area contributed by atoms with Crippen LogP contribution in [-0.4, -0.2) is 17.1 Å². The van der Waals surface area contributed by atoms with Gasteiger partial charge in [0.1, 0.15) is 5.82 Å². The second-order valence-corrected chi connectivity index (χ2v) is 4.41. The molecular weight excluding hydrogens is 282 g/mol. The highest BCUT2D eigenvalue weighted by Gasteiger charge is 2.02. The third-order valence-corrected chi connectivity index (χ3v) is 2.79. The summed E-state index contributed by atoms with van der Waals surface area (Å²) in [5.74, 6) is 1.36. The van der Waals surface area contributed by atoms with E-state index in [1.54, 1.807) is 19.4 Å². The highest BCUT2D eigenvalue weighted by atomic mass is 79.9. The number of pyridine rings is 2. The Bertz CT molecular complexity index is 514. The van der Waals surface area contributed by atoms with Gasteiger partial charge in [0.15, 0.2) is 0 Å². The summed E-state index contributed by atoms with van der Waals surface area (Å²) >= 11 is 3.46. The fraction of sp³-hybridized carbons (Fsp3) is 0.167. The van der Waals surface area contributed by atoms with E-state index < -0.39 is 0 Å². The number of halogens is 1. The summed E-state index contributed by atoms with van der Waals surface area (Å²) in [4.78, 5) is 8.41. The van der Waals surface area contributed by atoms with Crippen LogP contribution in [0.25, 0.3) is 0 Å². The van der Waals surface area contributed by atoms with Gasteiger partial charge in [-0.15, -0.1) is 0 Å². The molecule has 0 atom stereocenters. The average Bonchev–Trinajstić information content (AvgIpc) is 2.34. The molecule has 5 heteroatoms. The van der Waals surface area contributed by atoms with Gasteiger partial charge in [-0.2, -0.15) is 0 Å². The van der Waals surface area contributed by atoms with Crippen molar-refractivity contribution in [1.82, 2.24) is 9.97 Å². The monoisotopic (exact) mass is 293 g/mol. The molecule has 0 aromatic carbocycles. The molecule has 2 heterocycles. The number of nitrogens with zero attached hydrogens (tertiary/aromatic N) is 2. The Hall–Kier alpha value is -1.62. The number of aryl methyl sites for hydroxylation is 1. The molecule has 0 amide bonds. The van der Waals surface area contributed by atoms with Gasteiger partial charge in [-0.3, -0.25) is 0 Å². The van der Waals surface area contributed by atoms with Crippen LogP contribution in [0.15, 0.2) is 35.1 Å². The average molecular weight is 294 g/mol. The van der Waals surface area contributed by atoms with E-state index in [0.717, 1.165) is 21.5 Å². The quantitative estimate of drug-likeness (QED) is 0.943. The van der Waals surface area contributed by atoms with Crippen molar-refractivity contribution in [1.29, 1.82) is 0 Å². The second-order valence-electron chi connectivity index (χ2n) is 3.56. The summed E-state index contributed by atoms with van der Waals surface area (Å²) in [6, 6.07) is 5.69. The van der Waals surface area contributed by atoms with Crippen molar-refractivity contribution in [2.45, 2.75) is 6.92 Å². The van der Waals surface area contributed by atoms with Gasteiger partial charge in [-0.05, 0) is 40.5 Å². The van der Waals surface area contributed by atoms with Crippen LogP contribution in [0.3, 0.4) is 0 Å². The summed E-state index contributed by atoms with van der Waals surface area (Å²) in [5, 5.41) is 3.17. The van der Waals surface area contributed by atoms with Crippen LogP contribution in [0, 0.1) is 6.92 Å². The molecule has 2 rings (SSSR count). The van der Waals surface area contributed by atoms with Crippen molar-refractivity contribution in [2.24, 2.45) is 0 Å². The van der Waals surface area contributed by atoms with Gasteiger partial charge in [0, 0.05) is 12.3 Å². The van der Waals surface area contributed by atoms with Crippen LogP contribution in [-0.2, 0) is 0 Å². The Balaban J connectivity index is 2.19. The Labute approximate surface area is 108 Å². The van der Waals surface area contributed by atoms with Crippen molar-refractivity contribution < 1.29 is 4.74 Å². The van der Waals surface area contributed by atoms with Crippen LogP contribution in [0.1, 0.15) is 5.56 Å². The molecule has 0 aliphatic rings. The maximum Gasteiger partial charge on any atom is 0.213 e. The predicted octanol–water partition coefficient (Wildman–Crippen LogP) is 3.30. The summed E-state index contributed by atoms with van der Waals surface area (Å²) < 4.78 is 5.92. The van der Waals surface area contributed by atoms with E-state index >= 15 is 0 Å². The number of hydrogen-bond donors (Lipinski definition) is 1. The molecule has 0 radical (unpaired) electrons. The number of ether oxygens (including phenoxy) is 1. The Morgan fingerprint density at radius 2 is 2.06 bits per heavy atom. The summed E-state index contributed by atoms with van der Waals surface area (Å²) in [6.45, 7) is 2.00. The predicted molar refractivity (Wildman–Crippen MR) is 70.7 cm³/mol. The third kappa shape index (κ3) is 2.94. The van der Waals surface area contributed by atoms with Crippen molar-refractivity contribution >= 4 is 27.4 Å². The number of methoxy groups -OCH3 is 1. The van der Waals surface area contributed by atoms with E-state index in [1.165, 1.54) is 0 Å². The fourth-order valence-electron chi connectivity index (χ4n) is 1.34. The highest BCUT2D eigenvalue weighted by Crippen LogP contribution is 2.24. The van der Waals surface area contributed by atoms with Gasteiger partial charge in [0.25, 0.3) is 0 Å². The van der Waals surface area contributed by atoms with Crippen LogP contribution >= 0.6 is 15.9 Å². The zero-order chi connectivity index (χ0) is 12.3. The lowest BCUT2D eigenvalue weighted by Crippen LogP contribution is -1.96. The molecule has 0 saturated carbocycles. The molecule has 0 aliphatic heterocycles. The zero-order valence-corrected chi connectivity index (χ0v) is 11.2. The molecule has 0 bridgehead atoms. The summed E-state index contributed by atoms with van der Waals surface area (Å²) in [5.41, 5.74) is 1.97. The van der Waals surface area contributed by atoms with Gasteiger partial charge in [0.2, 0.25) is 5.88 Å². The van der Waals surface area contributed by atoms with Crippen molar-refractivity contribution in [3.05, 3.63) is 40.6 Å². The molecule has 1 N–H and O–H groups in total. The van der Waals surface area contributed by atoms with E-state index in [1.807, 2.05) is 25.3 Å². The van der Waals surface area contributed by atoms with Gasteiger partial charge < -0.3 is 10.1 Å². The lowest BCUT2D eigenvalue weighted by atomic mass is 10.3. The molecule has 4 nitrogen and oxygen atoms in total. The molecular formula is C12H12BrN3O. The summed E-state index contributed by atoms with van der Waals surface area (Å²) in [6.07, 6.45) is 3.51. The number of hydrogen-bond acceptors (Lipinski definition) is 4. The van der Waals surface area contributed by atoms with E-state index in [9.17, 15) is 0 Å². The van der Waals surface area contributed by atoms with Gasteiger partial charge in [-0.25, -0.2) is 9.97 Å². The van der Waals surface area contributed by atoms with E-state index in [-0.39, 0.29) is 0 Å². The zero-order valence-electron chi connectivity index (χ0n) is 9.57. The van der Waals surface area contributed by atoms with E-state index in [0.29, 0.717) is 5.88 Å². The normalized spacial score (nSPS) is 10.1. The highest BCUT2D eigenvalue weighted by molar-refractivity contribution is 9.10. The van der Waals surface area contributed by atoms with E-state index in [4.69, 9.17) is 4.74 Å². The number of anilines is 2. The van der Waals surface area contributed by atoms with Crippen LogP contribution in [0.4, 0.5) is 11.5 Å². The standard InChI is InChI=1S/C12H12BrN3O/c1-8-5-10(13)12(15-6-8)16-9-3-4-11(17-2)14-7-9/h3-7H,1-2H3,(H,15,16). The topological polar surface area (TPSA) is 47.0 Å². The minimum atomic E-state index is 0.589. The molecule has 17 heavy (non-hydrogen) atoms. The fourth-order valence-corrected chi connectivity index (χ4v) is 1.90. The van der Waals surface area contributed by atoms with Crippen molar-refractivity contribution in [3.8, 4) is 5.88 Å². The minimum Gasteiger partial charge on any atom is -0.481 e. The lowest BCUT2D eigenvalue weighted by molar-refractivity contribution is 0.398. The first-order valence-electron chi connectivity index (χ1n) is 5.08. The van der Waals surface area contributed by atoms with Crippen LogP contribution < -0.4 is 10.1 Å². The largest absolute Gasteiger partial charge is 0.481 e. The van der Waals surface area contributed by atoms with Crippen LogP contribution in [0.2, 0.25) is 0 Å². The van der Waals surface area contributed by atoms with Crippen LogP contribution in [0.5, 0.6) is 5.88 Å². The third-order valence-electron chi connectivity index (χ3n) is 2.19. The van der Waals surface area contributed by atoms with Gasteiger partial charge >= 0.3 is 0 Å². The number of nitrogens with one attached hydrogen (secondary N) is 1. The SMILES string of the molecule is COc1ccc(Nc2ncc(C)cc2Br)cn1. The number of rotatable bonds is 3. The first kappa shape index (κ1) is 11.9. The van der Waals surface area contributed by atoms with E-state index in [2.05, 4.69) is 31.2 Å². The summed E-state index contributed by atoms with van der Waals surface area (Å²) in [7, 11) is 1.59. The number of aromatic nitrogens is 2. The van der Waals surface area contributed by atoms with Gasteiger partial charge in [-0.1, -0.05) is 0 Å². The van der Waals surface area contributed by atoms with Gasteiger partial charge in [0.05, 0.1) is 23.5 Å². The molecule has 0 fully saturated rings. The molecule has 2 aromatic rings. The lowest BCUT2D eigenvalue weighted by Gasteiger charge is -2.08. The molecule has 0 spiro atoms. The molecule has 88 valence electrons. The maximum atomic E-state index is 5.00. The second kappa shape index (κ2) is 5.14. The van der Waals surface area contributed by atoms with Crippen molar-refractivity contribution in [3.63, 3.8) is 0 Å². The first-order chi connectivity index (χ1) is 8.19. The molecule has 0 saturated heterocycles. The molecule has 0 aliphatic carbocycles. The van der Waals surface area contributed by atoms with Crippen molar-refractivity contribution in [2.75, 3.05) is 12.4 Å². The Morgan fingerprint density at radius 3 is 2.65 bits per heavy atom. The molecule has 2 aromatic heterocycles. The smallest absolute Gasteiger partial charge is 0.213 e. The minimum absolute atomic E-state index is 0.589. The Morgan fingerprint density at radius 1 is 1.24 bits per heavy atom. The maximum absolute atomic E-state index is 5.00.